The number of aliphatic hydroxyl groups excluding tert-OH is 1. The number of carboxylic acid groups (broad SMARTS) is 1. The molecule has 0 aromatic carbocycles. The van der Waals surface area contributed by atoms with E-state index in [1.54, 1.807) is 11.8 Å². The Hall–Kier alpha value is -0.260. The molecule has 1 aliphatic heterocycles. The normalized spacial score (nSPS) is 27.8. The van der Waals surface area contributed by atoms with Crippen LogP contribution < -0.4 is 5.32 Å². The molecule has 0 aliphatic carbocycles. The Bertz CT molecular complexity index is 180. The van der Waals surface area contributed by atoms with Crippen molar-refractivity contribution in [2.75, 3.05) is 24.7 Å². The highest BCUT2D eigenvalue weighted by molar-refractivity contribution is 7.99. The van der Waals surface area contributed by atoms with Crippen LogP contribution in [0.2, 0.25) is 0 Å². The van der Waals surface area contributed by atoms with Crippen LogP contribution >= 0.6 is 11.8 Å². The lowest BCUT2D eigenvalue weighted by molar-refractivity contribution is -0.143. The average Bonchev–Trinajstić information content (AvgIpc) is 2.55. The summed E-state index contributed by atoms with van der Waals surface area (Å²) in [6.07, 6.45) is 1.29. The van der Waals surface area contributed by atoms with E-state index >= 15 is 0 Å². The molecule has 0 aromatic heterocycles. The van der Waals surface area contributed by atoms with Gasteiger partial charge >= 0.3 is 5.97 Å². The van der Waals surface area contributed by atoms with Crippen LogP contribution in [0.25, 0.3) is 0 Å². The predicted octanol–water partition coefficient (Wildman–Crippen LogP) is -0.0813. The van der Waals surface area contributed by atoms with E-state index in [2.05, 4.69) is 5.32 Å². The Kier molecular flexibility index (Phi) is 4.02. The summed E-state index contributed by atoms with van der Waals surface area (Å²) in [4.78, 5) is 11.0. The molecule has 0 spiro atoms. The van der Waals surface area contributed by atoms with Gasteiger partial charge in [0, 0.05) is 12.4 Å². The zero-order valence-electron chi connectivity index (χ0n) is 7.45. The van der Waals surface area contributed by atoms with Gasteiger partial charge in [0.25, 0.3) is 0 Å². The molecule has 1 heterocycles. The molecule has 0 radical (unpaired) electrons. The number of aliphatic hydroxyl groups is 1. The number of hydrogen-bond donors (Lipinski definition) is 3. The van der Waals surface area contributed by atoms with E-state index in [4.69, 9.17) is 10.2 Å². The van der Waals surface area contributed by atoms with Gasteiger partial charge in [0.2, 0.25) is 0 Å². The molecule has 1 atom stereocenters. The van der Waals surface area contributed by atoms with Gasteiger partial charge in [-0.3, -0.25) is 4.79 Å². The van der Waals surface area contributed by atoms with Crippen LogP contribution in [0.15, 0.2) is 0 Å². The molecule has 1 unspecified atom stereocenters. The predicted molar refractivity (Wildman–Crippen MR) is 52.0 cm³/mol. The molecule has 0 amide bonds. The maximum atomic E-state index is 11.0. The van der Waals surface area contributed by atoms with E-state index < -0.39 is 11.5 Å². The van der Waals surface area contributed by atoms with Gasteiger partial charge < -0.3 is 15.5 Å². The van der Waals surface area contributed by atoms with Crippen LogP contribution in [0.1, 0.15) is 12.8 Å². The minimum atomic E-state index is -0.768. The van der Waals surface area contributed by atoms with Crippen molar-refractivity contribution in [1.82, 2.24) is 5.32 Å². The Morgan fingerprint density at radius 2 is 2.38 bits per heavy atom. The maximum absolute atomic E-state index is 11.0. The lowest BCUT2D eigenvalue weighted by Crippen LogP contribution is -2.52. The van der Waals surface area contributed by atoms with Gasteiger partial charge in [-0.05, 0) is 25.1 Å². The van der Waals surface area contributed by atoms with Crippen molar-refractivity contribution in [3.8, 4) is 0 Å². The van der Waals surface area contributed by atoms with E-state index in [1.807, 2.05) is 0 Å². The van der Waals surface area contributed by atoms with Gasteiger partial charge in [0.05, 0.1) is 0 Å². The topological polar surface area (TPSA) is 69.6 Å². The number of nitrogens with one attached hydrogen (secondary N) is 1. The van der Waals surface area contributed by atoms with Gasteiger partial charge in [-0.15, -0.1) is 0 Å². The third-order valence-electron chi connectivity index (χ3n) is 2.23. The summed E-state index contributed by atoms with van der Waals surface area (Å²) in [7, 11) is 0. The number of rotatable bonds is 5. The molecule has 1 aliphatic rings. The maximum Gasteiger partial charge on any atom is 0.324 e. The summed E-state index contributed by atoms with van der Waals surface area (Å²) in [6, 6.07) is 0. The van der Waals surface area contributed by atoms with Crippen molar-refractivity contribution in [3.63, 3.8) is 0 Å². The highest BCUT2D eigenvalue weighted by Crippen LogP contribution is 2.28. The third-order valence-corrected chi connectivity index (χ3v) is 3.42. The lowest BCUT2D eigenvalue weighted by atomic mass is 9.99. The highest BCUT2D eigenvalue weighted by atomic mass is 32.2. The van der Waals surface area contributed by atoms with Crippen molar-refractivity contribution in [2.45, 2.75) is 18.4 Å². The van der Waals surface area contributed by atoms with E-state index in [0.29, 0.717) is 25.1 Å². The zero-order chi connectivity index (χ0) is 9.73. The van der Waals surface area contributed by atoms with Crippen LogP contribution in [0, 0.1) is 0 Å². The van der Waals surface area contributed by atoms with Crippen LogP contribution in [0.5, 0.6) is 0 Å². The standard InChI is InChI=1S/C8H15NO3S/c10-4-1-3-9-8(7(11)12)2-5-13-6-8/h9-10H,1-6H2,(H,11,12). The van der Waals surface area contributed by atoms with Crippen molar-refractivity contribution in [1.29, 1.82) is 0 Å². The number of carboxylic acids is 1. The number of hydrogen-bond acceptors (Lipinski definition) is 4. The number of aliphatic carboxylic acids is 1. The van der Waals surface area contributed by atoms with Crippen molar-refractivity contribution in [3.05, 3.63) is 0 Å². The monoisotopic (exact) mass is 205 g/mol. The molecular formula is C8H15NO3S. The first kappa shape index (κ1) is 10.8. The molecule has 5 heteroatoms. The average molecular weight is 205 g/mol. The number of thioether (sulfide) groups is 1. The second-order valence-corrected chi connectivity index (χ2v) is 4.30. The molecule has 0 bridgehead atoms. The summed E-state index contributed by atoms with van der Waals surface area (Å²) >= 11 is 1.66. The lowest BCUT2D eigenvalue weighted by Gasteiger charge is -2.24. The second kappa shape index (κ2) is 4.83. The van der Waals surface area contributed by atoms with E-state index in [-0.39, 0.29) is 6.61 Å². The quantitative estimate of drug-likeness (QED) is 0.548. The highest BCUT2D eigenvalue weighted by Gasteiger charge is 2.41. The largest absolute Gasteiger partial charge is 0.480 e. The SMILES string of the molecule is O=C(O)C1(NCCCO)CCSC1. The molecular weight excluding hydrogens is 190 g/mol. The fourth-order valence-electron chi connectivity index (χ4n) is 1.36. The molecule has 1 fully saturated rings. The Balaban J connectivity index is 2.43. The van der Waals surface area contributed by atoms with Crippen LogP contribution in [-0.4, -0.2) is 46.4 Å². The van der Waals surface area contributed by atoms with E-state index in [0.717, 1.165) is 5.75 Å². The van der Waals surface area contributed by atoms with Gasteiger partial charge in [0.1, 0.15) is 5.54 Å². The van der Waals surface area contributed by atoms with Crippen molar-refractivity contribution >= 4 is 17.7 Å². The fraction of sp³-hybridized carbons (Fsp3) is 0.875. The van der Waals surface area contributed by atoms with Gasteiger partial charge in [-0.25, -0.2) is 0 Å². The van der Waals surface area contributed by atoms with E-state index in [9.17, 15) is 4.79 Å². The summed E-state index contributed by atoms with van der Waals surface area (Å²) in [5.74, 6) is 0.766. The molecule has 0 aromatic rings. The van der Waals surface area contributed by atoms with Gasteiger partial charge in [0.15, 0.2) is 0 Å². The second-order valence-electron chi connectivity index (χ2n) is 3.19. The molecule has 0 saturated carbocycles. The Labute approximate surface area is 81.7 Å². The minimum absolute atomic E-state index is 0.107. The Morgan fingerprint density at radius 1 is 1.62 bits per heavy atom. The summed E-state index contributed by atoms with van der Waals surface area (Å²) in [5.41, 5.74) is -0.736. The van der Waals surface area contributed by atoms with Crippen LogP contribution in [0.3, 0.4) is 0 Å². The van der Waals surface area contributed by atoms with E-state index in [1.165, 1.54) is 0 Å². The molecule has 1 saturated heterocycles. The van der Waals surface area contributed by atoms with Crippen molar-refractivity contribution < 1.29 is 15.0 Å². The first-order valence-electron chi connectivity index (χ1n) is 4.38. The molecule has 4 nitrogen and oxygen atoms in total. The number of carbonyl (C=O) groups is 1. The Morgan fingerprint density at radius 3 is 2.85 bits per heavy atom. The molecule has 76 valence electrons. The minimum Gasteiger partial charge on any atom is -0.480 e. The van der Waals surface area contributed by atoms with Crippen LogP contribution in [-0.2, 0) is 4.79 Å². The first-order valence-corrected chi connectivity index (χ1v) is 5.54. The third kappa shape index (κ3) is 2.59. The smallest absolute Gasteiger partial charge is 0.324 e. The van der Waals surface area contributed by atoms with Crippen molar-refractivity contribution in [2.24, 2.45) is 0 Å². The summed E-state index contributed by atoms with van der Waals surface area (Å²) in [5, 5.41) is 20.6. The molecule has 13 heavy (non-hydrogen) atoms. The first-order chi connectivity index (χ1) is 6.21. The van der Waals surface area contributed by atoms with Gasteiger partial charge in [-0.1, -0.05) is 0 Å². The zero-order valence-corrected chi connectivity index (χ0v) is 8.27. The molecule has 1 rings (SSSR count). The summed E-state index contributed by atoms with van der Waals surface area (Å²) < 4.78 is 0. The molecule has 3 N–H and O–H groups in total. The van der Waals surface area contributed by atoms with Gasteiger partial charge in [-0.2, -0.15) is 11.8 Å². The summed E-state index contributed by atoms with van der Waals surface area (Å²) in [6.45, 7) is 0.680. The fourth-order valence-corrected chi connectivity index (χ4v) is 2.71. The van der Waals surface area contributed by atoms with Crippen LogP contribution in [0.4, 0.5) is 0 Å².